The highest BCUT2D eigenvalue weighted by Crippen LogP contribution is 2.38. The van der Waals surface area contributed by atoms with Gasteiger partial charge in [-0.2, -0.15) is 0 Å². The Bertz CT molecular complexity index is 636. The van der Waals surface area contributed by atoms with Crippen molar-refractivity contribution >= 4 is 31.9 Å². The SMILES string of the molecule is COc1cc(Br)c(C(O)c2cc(C)cc(Br)c2)cc1OC. The number of hydrogen-bond acceptors (Lipinski definition) is 3. The van der Waals surface area contributed by atoms with E-state index in [1.54, 1.807) is 26.4 Å². The quantitative estimate of drug-likeness (QED) is 0.791. The molecule has 112 valence electrons. The topological polar surface area (TPSA) is 38.7 Å². The molecule has 0 aliphatic heterocycles. The zero-order valence-corrected chi connectivity index (χ0v) is 15.2. The van der Waals surface area contributed by atoms with Crippen LogP contribution in [0, 0.1) is 6.92 Å². The summed E-state index contributed by atoms with van der Waals surface area (Å²) in [5.41, 5.74) is 2.62. The maximum Gasteiger partial charge on any atom is 0.161 e. The standard InChI is InChI=1S/C16H16Br2O3/c1-9-4-10(6-11(17)5-9)16(19)12-7-14(20-2)15(21-3)8-13(12)18/h4-8,16,19H,1-3H3. The van der Waals surface area contributed by atoms with E-state index in [0.29, 0.717) is 11.5 Å². The van der Waals surface area contributed by atoms with Gasteiger partial charge in [-0.1, -0.05) is 37.9 Å². The molecule has 0 fully saturated rings. The highest BCUT2D eigenvalue weighted by Gasteiger charge is 2.18. The molecule has 1 N–H and O–H groups in total. The highest BCUT2D eigenvalue weighted by atomic mass is 79.9. The van der Waals surface area contributed by atoms with Crippen LogP contribution >= 0.6 is 31.9 Å². The third-order valence-electron chi connectivity index (χ3n) is 3.18. The largest absolute Gasteiger partial charge is 0.493 e. The van der Waals surface area contributed by atoms with E-state index in [9.17, 15) is 5.11 Å². The summed E-state index contributed by atoms with van der Waals surface area (Å²) in [5.74, 6) is 1.20. The second kappa shape index (κ2) is 6.81. The molecule has 2 aromatic carbocycles. The van der Waals surface area contributed by atoms with E-state index in [0.717, 1.165) is 25.6 Å². The van der Waals surface area contributed by atoms with Crippen LogP contribution in [0.1, 0.15) is 22.8 Å². The summed E-state index contributed by atoms with van der Waals surface area (Å²) < 4.78 is 12.3. The van der Waals surface area contributed by atoms with E-state index < -0.39 is 6.10 Å². The predicted octanol–water partition coefficient (Wildman–Crippen LogP) is 4.62. The molecule has 0 radical (unpaired) electrons. The van der Waals surface area contributed by atoms with Gasteiger partial charge < -0.3 is 14.6 Å². The lowest BCUT2D eigenvalue weighted by Gasteiger charge is -2.17. The summed E-state index contributed by atoms with van der Waals surface area (Å²) in [4.78, 5) is 0. The molecule has 0 saturated carbocycles. The van der Waals surface area contributed by atoms with E-state index in [4.69, 9.17) is 9.47 Å². The number of hydrogen-bond donors (Lipinski definition) is 1. The molecule has 1 unspecified atom stereocenters. The fraction of sp³-hybridized carbons (Fsp3) is 0.250. The van der Waals surface area contributed by atoms with Crippen molar-refractivity contribution in [3.63, 3.8) is 0 Å². The smallest absolute Gasteiger partial charge is 0.161 e. The number of aliphatic hydroxyl groups excluding tert-OH is 1. The number of ether oxygens (including phenoxy) is 2. The third-order valence-corrected chi connectivity index (χ3v) is 4.32. The monoisotopic (exact) mass is 414 g/mol. The maximum absolute atomic E-state index is 10.7. The molecular formula is C16H16Br2O3. The van der Waals surface area contributed by atoms with Gasteiger partial charge in [0.25, 0.3) is 0 Å². The maximum atomic E-state index is 10.7. The van der Waals surface area contributed by atoms with Gasteiger partial charge >= 0.3 is 0 Å². The Morgan fingerprint density at radius 1 is 0.952 bits per heavy atom. The fourth-order valence-electron chi connectivity index (χ4n) is 2.18. The Morgan fingerprint density at radius 2 is 1.57 bits per heavy atom. The van der Waals surface area contributed by atoms with E-state index in [1.807, 2.05) is 25.1 Å². The van der Waals surface area contributed by atoms with Crippen LogP contribution in [-0.4, -0.2) is 19.3 Å². The summed E-state index contributed by atoms with van der Waals surface area (Å²) in [7, 11) is 3.16. The second-order valence-electron chi connectivity index (χ2n) is 4.69. The molecule has 2 rings (SSSR count). The molecule has 0 aliphatic carbocycles. The minimum absolute atomic E-state index is 0.585. The van der Waals surface area contributed by atoms with Crippen molar-refractivity contribution in [3.05, 3.63) is 56.0 Å². The molecule has 0 spiro atoms. The average Bonchev–Trinajstić information content (AvgIpc) is 2.45. The van der Waals surface area contributed by atoms with Crippen LogP contribution in [0.2, 0.25) is 0 Å². The van der Waals surface area contributed by atoms with Gasteiger partial charge in [-0.3, -0.25) is 0 Å². The number of aryl methyl sites for hydroxylation is 1. The van der Waals surface area contributed by atoms with Gasteiger partial charge in [0.2, 0.25) is 0 Å². The first-order valence-electron chi connectivity index (χ1n) is 6.33. The van der Waals surface area contributed by atoms with Crippen LogP contribution in [0.15, 0.2) is 39.3 Å². The van der Waals surface area contributed by atoms with Crippen molar-refractivity contribution in [1.82, 2.24) is 0 Å². The molecule has 0 heterocycles. The van der Waals surface area contributed by atoms with E-state index >= 15 is 0 Å². The molecule has 2 aromatic rings. The normalized spacial score (nSPS) is 12.1. The zero-order valence-electron chi connectivity index (χ0n) is 12.0. The lowest BCUT2D eigenvalue weighted by atomic mass is 9.99. The Hall–Kier alpha value is -1.04. The summed E-state index contributed by atoms with van der Waals surface area (Å²) in [6.45, 7) is 1.99. The molecule has 21 heavy (non-hydrogen) atoms. The van der Waals surface area contributed by atoms with Gasteiger partial charge in [-0.15, -0.1) is 0 Å². The summed E-state index contributed by atoms with van der Waals surface area (Å²) in [5, 5.41) is 10.7. The van der Waals surface area contributed by atoms with Crippen molar-refractivity contribution in [2.45, 2.75) is 13.0 Å². The number of rotatable bonds is 4. The summed E-state index contributed by atoms with van der Waals surface area (Å²) in [6, 6.07) is 9.44. The van der Waals surface area contributed by atoms with Crippen molar-refractivity contribution in [3.8, 4) is 11.5 Å². The predicted molar refractivity (Wildman–Crippen MR) is 90.2 cm³/mol. The van der Waals surface area contributed by atoms with Crippen LogP contribution in [0.4, 0.5) is 0 Å². The molecule has 1 atom stereocenters. The van der Waals surface area contributed by atoms with Crippen LogP contribution in [0.3, 0.4) is 0 Å². The Kier molecular flexibility index (Phi) is 5.30. The molecule has 3 nitrogen and oxygen atoms in total. The lowest BCUT2D eigenvalue weighted by Crippen LogP contribution is -2.03. The average molecular weight is 416 g/mol. The zero-order chi connectivity index (χ0) is 15.6. The molecule has 0 aromatic heterocycles. The number of methoxy groups -OCH3 is 2. The van der Waals surface area contributed by atoms with Gasteiger partial charge in [0, 0.05) is 14.5 Å². The molecular weight excluding hydrogens is 400 g/mol. The molecule has 0 saturated heterocycles. The van der Waals surface area contributed by atoms with Crippen LogP contribution in [0.25, 0.3) is 0 Å². The molecule has 0 amide bonds. The molecule has 0 aliphatic rings. The molecule has 0 bridgehead atoms. The van der Waals surface area contributed by atoms with Gasteiger partial charge in [0.05, 0.1) is 14.2 Å². The second-order valence-corrected chi connectivity index (χ2v) is 6.46. The first kappa shape index (κ1) is 16.3. The van der Waals surface area contributed by atoms with Crippen molar-refractivity contribution in [1.29, 1.82) is 0 Å². The summed E-state index contributed by atoms with van der Waals surface area (Å²) in [6.07, 6.45) is -0.754. The van der Waals surface area contributed by atoms with Gasteiger partial charge in [-0.25, -0.2) is 0 Å². The van der Waals surface area contributed by atoms with Crippen LogP contribution < -0.4 is 9.47 Å². The van der Waals surface area contributed by atoms with Crippen molar-refractivity contribution in [2.75, 3.05) is 14.2 Å². The van der Waals surface area contributed by atoms with E-state index in [-0.39, 0.29) is 0 Å². The lowest BCUT2D eigenvalue weighted by molar-refractivity contribution is 0.218. The Labute approximate surface area is 141 Å². The van der Waals surface area contributed by atoms with Crippen molar-refractivity contribution in [2.24, 2.45) is 0 Å². The van der Waals surface area contributed by atoms with Crippen molar-refractivity contribution < 1.29 is 14.6 Å². The first-order chi connectivity index (χ1) is 9.96. The van der Waals surface area contributed by atoms with Gasteiger partial charge in [-0.05, 0) is 42.3 Å². The first-order valence-corrected chi connectivity index (χ1v) is 7.91. The number of benzene rings is 2. The van der Waals surface area contributed by atoms with Crippen LogP contribution in [0.5, 0.6) is 11.5 Å². The highest BCUT2D eigenvalue weighted by molar-refractivity contribution is 9.10. The van der Waals surface area contributed by atoms with Crippen LogP contribution in [-0.2, 0) is 0 Å². The Morgan fingerprint density at radius 3 is 2.14 bits per heavy atom. The van der Waals surface area contributed by atoms with Gasteiger partial charge in [0.1, 0.15) is 6.10 Å². The number of halogens is 2. The van der Waals surface area contributed by atoms with Gasteiger partial charge in [0.15, 0.2) is 11.5 Å². The third kappa shape index (κ3) is 3.59. The minimum Gasteiger partial charge on any atom is -0.493 e. The fourth-order valence-corrected chi connectivity index (χ4v) is 3.35. The van der Waals surface area contributed by atoms with E-state index in [2.05, 4.69) is 31.9 Å². The molecule has 5 heteroatoms. The Balaban J connectivity index is 2.49. The summed E-state index contributed by atoms with van der Waals surface area (Å²) >= 11 is 6.93. The minimum atomic E-state index is -0.754. The number of aliphatic hydroxyl groups is 1. The van der Waals surface area contributed by atoms with E-state index in [1.165, 1.54) is 0 Å².